The van der Waals surface area contributed by atoms with E-state index >= 15 is 0 Å². The van der Waals surface area contributed by atoms with E-state index in [4.69, 9.17) is 9.63 Å². The van der Waals surface area contributed by atoms with Crippen molar-refractivity contribution in [1.29, 1.82) is 0 Å². The zero-order valence-corrected chi connectivity index (χ0v) is 16.0. The molecular weight excluding hydrogens is 409 g/mol. The summed E-state index contributed by atoms with van der Waals surface area (Å²) in [4.78, 5) is 18.9. The molecule has 3 aromatic heterocycles. The Morgan fingerprint density at radius 3 is 2.81 bits per heavy atom. The Hall–Kier alpha value is -4.19. The van der Waals surface area contributed by atoms with E-state index in [0.29, 0.717) is 22.6 Å². The Bertz CT molecular complexity index is 1210. The van der Waals surface area contributed by atoms with Crippen molar-refractivity contribution in [3.8, 4) is 22.9 Å². The summed E-state index contributed by atoms with van der Waals surface area (Å²) in [6, 6.07) is 9.57. The Morgan fingerprint density at radius 1 is 1.26 bits per heavy atom. The molecule has 12 heteroatoms. The number of nitro groups is 1. The number of nitrogens with one attached hydrogen (secondary N) is 1. The van der Waals surface area contributed by atoms with Crippen LogP contribution in [0.25, 0.3) is 22.9 Å². The van der Waals surface area contributed by atoms with E-state index in [1.807, 2.05) is 0 Å². The van der Waals surface area contributed by atoms with Crippen LogP contribution in [0.1, 0.15) is 5.56 Å². The second-order valence-electron chi connectivity index (χ2n) is 6.38. The van der Waals surface area contributed by atoms with Crippen LogP contribution in [0.15, 0.2) is 53.4 Å². The first-order valence-electron chi connectivity index (χ1n) is 9.15. The number of halogens is 1. The molecular formula is C19H16FN7O4. The summed E-state index contributed by atoms with van der Waals surface area (Å²) in [6.45, 7) is -0.0509. The Kier molecular flexibility index (Phi) is 5.62. The third kappa shape index (κ3) is 4.23. The molecule has 3 heterocycles. The molecule has 0 spiro atoms. The molecule has 4 rings (SSSR count). The topological polar surface area (TPSA) is 145 Å². The van der Waals surface area contributed by atoms with E-state index in [0.717, 1.165) is 6.20 Å². The second-order valence-corrected chi connectivity index (χ2v) is 6.38. The maximum Gasteiger partial charge on any atom is 0.329 e. The molecule has 1 aromatic carbocycles. The van der Waals surface area contributed by atoms with E-state index in [1.165, 1.54) is 17.0 Å². The first kappa shape index (κ1) is 20.1. The highest BCUT2D eigenvalue weighted by molar-refractivity contribution is 5.65. The molecule has 0 saturated heterocycles. The first-order chi connectivity index (χ1) is 15.1. The summed E-state index contributed by atoms with van der Waals surface area (Å²) in [7, 11) is 0. The van der Waals surface area contributed by atoms with Crippen molar-refractivity contribution in [2.75, 3.05) is 18.5 Å². The lowest BCUT2D eigenvalue weighted by Crippen LogP contribution is -2.10. The molecule has 0 aliphatic heterocycles. The molecule has 0 amide bonds. The van der Waals surface area contributed by atoms with Gasteiger partial charge in [0.25, 0.3) is 0 Å². The highest BCUT2D eigenvalue weighted by atomic mass is 19.1. The van der Waals surface area contributed by atoms with Gasteiger partial charge >= 0.3 is 5.69 Å². The summed E-state index contributed by atoms with van der Waals surface area (Å²) < 4.78 is 20.6. The molecule has 0 fully saturated rings. The number of anilines is 1. The number of hydrogen-bond acceptors (Lipinski definition) is 9. The van der Waals surface area contributed by atoms with Crippen molar-refractivity contribution in [2.45, 2.75) is 6.54 Å². The molecule has 0 radical (unpaired) electrons. The van der Waals surface area contributed by atoms with Gasteiger partial charge in [-0.25, -0.2) is 14.4 Å². The van der Waals surface area contributed by atoms with Crippen LogP contribution >= 0.6 is 0 Å². The zero-order chi connectivity index (χ0) is 21.8. The Balaban J connectivity index is 1.77. The van der Waals surface area contributed by atoms with Crippen LogP contribution < -0.4 is 5.32 Å². The number of benzene rings is 1. The maximum atomic E-state index is 14.2. The van der Waals surface area contributed by atoms with Crippen LogP contribution in [0.4, 0.5) is 15.9 Å². The number of rotatable bonds is 8. The van der Waals surface area contributed by atoms with Crippen molar-refractivity contribution in [2.24, 2.45) is 0 Å². The number of aliphatic hydroxyl groups is 1. The first-order valence-corrected chi connectivity index (χ1v) is 9.15. The maximum absolute atomic E-state index is 14.2. The lowest BCUT2D eigenvalue weighted by Gasteiger charge is -2.07. The fourth-order valence-corrected chi connectivity index (χ4v) is 2.92. The van der Waals surface area contributed by atoms with Gasteiger partial charge in [-0.15, -0.1) is 0 Å². The summed E-state index contributed by atoms with van der Waals surface area (Å²) in [5.41, 5.74) is 1.38. The van der Waals surface area contributed by atoms with E-state index in [9.17, 15) is 14.5 Å². The minimum absolute atomic E-state index is 0.0457. The van der Waals surface area contributed by atoms with Gasteiger partial charge in [-0.05, 0) is 12.1 Å². The van der Waals surface area contributed by atoms with Gasteiger partial charge < -0.3 is 14.9 Å². The van der Waals surface area contributed by atoms with E-state index < -0.39 is 4.92 Å². The van der Waals surface area contributed by atoms with Crippen molar-refractivity contribution in [3.05, 3.63) is 70.4 Å². The third-order valence-electron chi connectivity index (χ3n) is 4.36. The number of nitrogens with zero attached hydrogens (tertiary/aromatic N) is 6. The van der Waals surface area contributed by atoms with E-state index in [2.05, 4.69) is 25.5 Å². The minimum atomic E-state index is -0.624. The highest BCUT2D eigenvalue weighted by Crippen LogP contribution is 2.28. The molecule has 0 aliphatic rings. The Morgan fingerprint density at radius 2 is 2.10 bits per heavy atom. The summed E-state index contributed by atoms with van der Waals surface area (Å²) >= 11 is 0. The van der Waals surface area contributed by atoms with Crippen molar-refractivity contribution in [3.63, 3.8) is 0 Å². The molecule has 158 valence electrons. The smallest absolute Gasteiger partial charge is 0.329 e. The quantitative estimate of drug-likeness (QED) is 0.321. The predicted molar refractivity (Wildman–Crippen MR) is 106 cm³/mol. The van der Waals surface area contributed by atoms with Crippen LogP contribution in [0, 0.1) is 15.9 Å². The monoisotopic (exact) mass is 425 g/mol. The standard InChI is InChI=1S/C19H16FN7O4/c20-13-4-2-1-3-12(13)11-26-16(14-5-8-31-25-14)9-15(24-26)18-22-10-17(27(29)30)19(23-18)21-6-7-28/h1-5,8-10,28H,6-7,11H2,(H,21,22,23). The number of aliphatic hydroxyl groups excluding tert-OH is 1. The van der Waals surface area contributed by atoms with Gasteiger partial charge in [0.15, 0.2) is 5.82 Å². The minimum Gasteiger partial charge on any atom is -0.395 e. The summed E-state index contributed by atoms with van der Waals surface area (Å²) in [6.07, 6.45) is 2.46. The normalized spacial score (nSPS) is 10.9. The van der Waals surface area contributed by atoms with Crippen molar-refractivity contribution >= 4 is 11.5 Å². The van der Waals surface area contributed by atoms with Crippen molar-refractivity contribution < 1.29 is 18.9 Å². The molecule has 11 nitrogen and oxygen atoms in total. The van der Waals surface area contributed by atoms with Gasteiger partial charge in [0.1, 0.15) is 29.7 Å². The summed E-state index contributed by atoms with van der Waals surface area (Å²) in [5.74, 6) is -0.313. The molecule has 0 aliphatic carbocycles. The van der Waals surface area contributed by atoms with Crippen molar-refractivity contribution in [1.82, 2.24) is 24.9 Å². The fourth-order valence-electron chi connectivity index (χ4n) is 2.92. The van der Waals surface area contributed by atoms with Crippen LogP contribution in [0.3, 0.4) is 0 Å². The summed E-state index contributed by atoms with van der Waals surface area (Å²) in [5, 5.41) is 31.3. The number of hydrogen-bond donors (Lipinski definition) is 2. The SMILES string of the molecule is O=[N+]([O-])c1cnc(-c2cc(-c3ccon3)n(Cc3ccccc3F)n2)nc1NCCO. The second kappa shape index (κ2) is 8.67. The van der Waals surface area contributed by atoms with Gasteiger partial charge in [0.2, 0.25) is 5.82 Å². The largest absolute Gasteiger partial charge is 0.395 e. The number of aromatic nitrogens is 5. The van der Waals surface area contributed by atoms with E-state index in [-0.39, 0.29) is 42.8 Å². The van der Waals surface area contributed by atoms with Gasteiger partial charge in [-0.3, -0.25) is 14.8 Å². The van der Waals surface area contributed by atoms with Crippen LogP contribution in [0.2, 0.25) is 0 Å². The fraction of sp³-hybridized carbons (Fsp3) is 0.158. The molecule has 0 unspecified atom stereocenters. The van der Waals surface area contributed by atoms with E-state index in [1.54, 1.807) is 30.3 Å². The average molecular weight is 425 g/mol. The lowest BCUT2D eigenvalue weighted by atomic mass is 10.2. The molecule has 2 N–H and O–H groups in total. The van der Waals surface area contributed by atoms with Gasteiger partial charge in [-0.1, -0.05) is 23.4 Å². The highest BCUT2D eigenvalue weighted by Gasteiger charge is 2.21. The molecule has 0 saturated carbocycles. The molecule has 0 bridgehead atoms. The third-order valence-corrected chi connectivity index (χ3v) is 4.36. The van der Waals surface area contributed by atoms with Crippen LogP contribution in [0.5, 0.6) is 0 Å². The Labute approximate surface area is 174 Å². The average Bonchev–Trinajstić information content (AvgIpc) is 3.43. The lowest BCUT2D eigenvalue weighted by molar-refractivity contribution is -0.384. The predicted octanol–water partition coefficient (Wildman–Crippen LogP) is 2.49. The van der Waals surface area contributed by atoms with Crippen LogP contribution in [-0.2, 0) is 6.54 Å². The van der Waals surface area contributed by atoms with Gasteiger partial charge in [0, 0.05) is 18.2 Å². The van der Waals surface area contributed by atoms with Gasteiger partial charge in [-0.2, -0.15) is 5.10 Å². The van der Waals surface area contributed by atoms with Crippen LogP contribution in [-0.4, -0.2) is 48.1 Å². The van der Waals surface area contributed by atoms with Gasteiger partial charge in [0.05, 0.1) is 23.8 Å². The zero-order valence-electron chi connectivity index (χ0n) is 16.0. The molecule has 31 heavy (non-hydrogen) atoms. The molecule has 0 atom stereocenters. The molecule has 4 aromatic rings.